The van der Waals surface area contributed by atoms with Crippen LogP contribution in [-0.4, -0.2) is 12.2 Å². The maximum Gasteiger partial charge on any atom is 0.124 e. The van der Waals surface area contributed by atoms with Crippen molar-refractivity contribution < 1.29 is 14.2 Å². The van der Waals surface area contributed by atoms with E-state index >= 15 is 0 Å². The van der Waals surface area contributed by atoms with Crippen LogP contribution in [-0.2, 0) is 6.61 Å². The van der Waals surface area contributed by atoms with Crippen molar-refractivity contribution in [1.82, 2.24) is 0 Å². The molecular weight excluding hydrogens is 171 g/mol. The Hall–Kier alpha value is -1.09. The van der Waals surface area contributed by atoms with E-state index in [1.54, 1.807) is 18.2 Å². The number of halogens is 1. The van der Waals surface area contributed by atoms with E-state index < -0.39 is 6.17 Å². The highest BCUT2D eigenvalue weighted by molar-refractivity contribution is 5.37. The van der Waals surface area contributed by atoms with Gasteiger partial charge in [0, 0.05) is 5.56 Å². The number of methoxy groups -OCH3 is 1. The van der Waals surface area contributed by atoms with Gasteiger partial charge in [-0.3, -0.25) is 0 Å². The Labute approximate surface area is 77.0 Å². The molecule has 1 unspecified atom stereocenters. The fourth-order valence-electron chi connectivity index (χ4n) is 1.17. The SMILES string of the molecule is COc1ccc(C(C)F)cc1CO. The molecule has 0 fully saturated rings. The normalized spacial score (nSPS) is 12.6. The van der Waals surface area contributed by atoms with E-state index in [-0.39, 0.29) is 6.61 Å². The number of aliphatic hydroxyl groups is 1. The van der Waals surface area contributed by atoms with Gasteiger partial charge in [0.05, 0.1) is 13.7 Å². The summed E-state index contributed by atoms with van der Waals surface area (Å²) in [7, 11) is 1.52. The van der Waals surface area contributed by atoms with Crippen molar-refractivity contribution in [2.24, 2.45) is 0 Å². The zero-order valence-electron chi connectivity index (χ0n) is 7.75. The quantitative estimate of drug-likeness (QED) is 0.780. The van der Waals surface area contributed by atoms with Crippen LogP contribution in [0.25, 0.3) is 0 Å². The lowest BCUT2D eigenvalue weighted by Gasteiger charge is -2.09. The number of ether oxygens (including phenoxy) is 1. The number of alkyl halides is 1. The van der Waals surface area contributed by atoms with E-state index in [1.165, 1.54) is 14.0 Å². The highest BCUT2D eigenvalue weighted by Crippen LogP contribution is 2.24. The first kappa shape index (κ1) is 9.99. The van der Waals surface area contributed by atoms with Gasteiger partial charge in [-0.25, -0.2) is 4.39 Å². The molecule has 0 bridgehead atoms. The van der Waals surface area contributed by atoms with E-state index in [4.69, 9.17) is 9.84 Å². The summed E-state index contributed by atoms with van der Waals surface area (Å²) in [6.07, 6.45) is -1.02. The van der Waals surface area contributed by atoms with Crippen LogP contribution in [0, 0.1) is 0 Å². The molecule has 0 radical (unpaired) electrons. The van der Waals surface area contributed by atoms with Crippen molar-refractivity contribution in [3.8, 4) is 5.75 Å². The lowest BCUT2D eigenvalue weighted by molar-refractivity contribution is 0.273. The fraction of sp³-hybridized carbons (Fsp3) is 0.400. The molecule has 1 rings (SSSR count). The Morgan fingerprint density at radius 3 is 2.69 bits per heavy atom. The van der Waals surface area contributed by atoms with Gasteiger partial charge in [-0.1, -0.05) is 6.07 Å². The topological polar surface area (TPSA) is 29.5 Å². The van der Waals surface area contributed by atoms with Crippen molar-refractivity contribution >= 4 is 0 Å². The molecule has 1 N–H and O–H groups in total. The smallest absolute Gasteiger partial charge is 0.124 e. The summed E-state index contributed by atoms with van der Waals surface area (Å²) in [6, 6.07) is 4.93. The summed E-state index contributed by atoms with van der Waals surface area (Å²) in [4.78, 5) is 0. The highest BCUT2D eigenvalue weighted by atomic mass is 19.1. The molecule has 0 aromatic heterocycles. The van der Waals surface area contributed by atoms with Gasteiger partial charge in [-0.15, -0.1) is 0 Å². The minimum atomic E-state index is -1.02. The summed E-state index contributed by atoms with van der Waals surface area (Å²) in [5, 5.41) is 8.95. The number of rotatable bonds is 3. The fourth-order valence-corrected chi connectivity index (χ4v) is 1.17. The van der Waals surface area contributed by atoms with E-state index in [1.807, 2.05) is 0 Å². The van der Waals surface area contributed by atoms with Gasteiger partial charge in [0.25, 0.3) is 0 Å². The first-order valence-electron chi connectivity index (χ1n) is 4.10. The van der Waals surface area contributed by atoms with Crippen molar-refractivity contribution in [1.29, 1.82) is 0 Å². The Morgan fingerprint density at radius 2 is 2.23 bits per heavy atom. The second-order valence-electron chi connectivity index (χ2n) is 2.85. The van der Waals surface area contributed by atoms with Gasteiger partial charge in [-0.05, 0) is 24.6 Å². The second-order valence-corrected chi connectivity index (χ2v) is 2.85. The lowest BCUT2D eigenvalue weighted by Crippen LogP contribution is -1.94. The van der Waals surface area contributed by atoms with Crippen LogP contribution < -0.4 is 4.74 Å². The molecule has 13 heavy (non-hydrogen) atoms. The van der Waals surface area contributed by atoms with Crippen molar-refractivity contribution in [2.75, 3.05) is 7.11 Å². The Bertz CT molecular complexity index is 284. The molecular formula is C10H13FO2. The van der Waals surface area contributed by atoms with Gasteiger partial charge < -0.3 is 9.84 Å². The van der Waals surface area contributed by atoms with Crippen LogP contribution in [0.1, 0.15) is 24.2 Å². The molecule has 1 aromatic rings. The Morgan fingerprint density at radius 1 is 1.54 bits per heavy atom. The number of benzene rings is 1. The molecule has 0 saturated carbocycles. The van der Waals surface area contributed by atoms with Crippen molar-refractivity contribution in [3.63, 3.8) is 0 Å². The number of aliphatic hydroxyl groups excluding tert-OH is 1. The van der Waals surface area contributed by atoms with Gasteiger partial charge in [0.2, 0.25) is 0 Å². The first-order valence-corrected chi connectivity index (χ1v) is 4.10. The molecule has 72 valence electrons. The zero-order chi connectivity index (χ0) is 9.84. The van der Waals surface area contributed by atoms with Crippen LogP contribution in [0.5, 0.6) is 5.75 Å². The first-order chi connectivity index (χ1) is 6.19. The molecule has 1 atom stereocenters. The Balaban J connectivity index is 3.05. The molecule has 0 aliphatic rings. The summed E-state index contributed by atoms with van der Waals surface area (Å²) in [5.74, 6) is 0.590. The van der Waals surface area contributed by atoms with Gasteiger partial charge in [0.15, 0.2) is 0 Å². The van der Waals surface area contributed by atoms with Crippen LogP contribution in [0.15, 0.2) is 18.2 Å². The average Bonchev–Trinajstić information content (AvgIpc) is 2.16. The predicted molar refractivity (Wildman–Crippen MR) is 48.4 cm³/mol. The average molecular weight is 184 g/mol. The Kier molecular flexibility index (Phi) is 3.25. The summed E-state index contributed by atoms with van der Waals surface area (Å²) in [6.45, 7) is 1.33. The molecule has 0 aliphatic heterocycles. The maximum absolute atomic E-state index is 12.9. The van der Waals surface area contributed by atoms with Gasteiger partial charge in [0.1, 0.15) is 11.9 Å². The van der Waals surface area contributed by atoms with Crippen LogP contribution >= 0.6 is 0 Å². The summed E-state index contributed by atoms with van der Waals surface area (Å²) < 4.78 is 17.9. The third-order valence-electron chi connectivity index (χ3n) is 1.93. The maximum atomic E-state index is 12.9. The van der Waals surface area contributed by atoms with E-state index in [9.17, 15) is 4.39 Å². The van der Waals surface area contributed by atoms with Crippen molar-refractivity contribution in [3.05, 3.63) is 29.3 Å². The third kappa shape index (κ3) is 2.18. The number of hydrogen-bond acceptors (Lipinski definition) is 2. The summed E-state index contributed by atoms with van der Waals surface area (Å²) in [5.41, 5.74) is 1.18. The largest absolute Gasteiger partial charge is 0.496 e. The van der Waals surface area contributed by atoms with E-state index in [2.05, 4.69) is 0 Å². The molecule has 3 heteroatoms. The third-order valence-corrected chi connectivity index (χ3v) is 1.93. The van der Waals surface area contributed by atoms with Crippen LogP contribution in [0.2, 0.25) is 0 Å². The molecule has 0 aliphatic carbocycles. The van der Waals surface area contributed by atoms with Crippen LogP contribution in [0.3, 0.4) is 0 Å². The zero-order valence-corrected chi connectivity index (χ0v) is 7.75. The molecule has 2 nitrogen and oxygen atoms in total. The molecule has 0 saturated heterocycles. The van der Waals surface area contributed by atoms with Crippen LogP contribution in [0.4, 0.5) is 4.39 Å². The monoisotopic (exact) mass is 184 g/mol. The minimum absolute atomic E-state index is 0.135. The molecule has 0 spiro atoms. The second kappa shape index (κ2) is 4.23. The van der Waals surface area contributed by atoms with E-state index in [0.717, 1.165) is 0 Å². The van der Waals surface area contributed by atoms with Gasteiger partial charge >= 0.3 is 0 Å². The standard InChI is InChI=1S/C10H13FO2/c1-7(11)8-3-4-10(13-2)9(5-8)6-12/h3-5,7,12H,6H2,1-2H3. The van der Waals surface area contributed by atoms with Crippen molar-refractivity contribution in [2.45, 2.75) is 19.7 Å². The predicted octanol–water partition coefficient (Wildman–Crippen LogP) is 2.22. The highest BCUT2D eigenvalue weighted by Gasteiger charge is 2.07. The van der Waals surface area contributed by atoms with Gasteiger partial charge in [-0.2, -0.15) is 0 Å². The molecule has 0 amide bonds. The summed E-state index contributed by atoms with van der Waals surface area (Å²) >= 11 is 0. The number of hydrogen-bond donors (Lipinski definition) is 1. The lowest BCUT2D eigenvalue weighted by atomic mass is 10.1. The molecule has 0 heterocycles. The molecule has 1 aromatic carbocycles. The minimum Gasteiger partial charge on any atom is -0.496 e. The van der Waals surface area contributed by atoms with E-state index in [0.29, 0.717) is 16.9 Å².